The summed E-state index contributed by atoms with van der Waals surface area (Å²) in [4.78, 5) is 25.3. The van der Waals surface area contributed by atoms with Crippen LogP contribution in [-0.2, 0) is 11.0 Å². The van der Waals surface area contributed by atoms with E-state index in [1.165, 1.54) is 12.1 Å². The fourth-order valence-electron chi connectivity index (χ4n) is 2.47. The highest BCUT2D eigenvalue weighted by Crippen LogP contribution is 2.32. The minimum atomic E-state index is -4.53. The van der Waals surface area contributed by atoms with Gasteiger partial charge in [-0.2, -0.15) is 13.2 Å². The number of hydrogen-bond acceptors (Lipinski definition) is 3. The molecule has 1 aromatic carbocycles. The Morgan fingerprint density at radius 3 is 2.42 bits per heavy atom. The van der Waals surface area contributed by atoms with Crippen molar-refractivity contribution < 1.29 is 27.9 Å². The van der Waals surface area contributed by atoms with Crippen LogP contribution in [0.2, 0.25) is 0 Å². The van der Waals surface area contributed by atoms with Gasteiger partial charge in [0.15, 0.2) is 0 Å². The van der Waals surface area contributed by atoms with Crippen LogP contribution in [0.25, 0.3) is 0 Å². The van der Waals surface area contributed by atoms with Crippen molar-refractivity contribution in [1.82, 2.24) is 10.2 Å². The third-order valence-corrected chi connectivity index (χ3v) is 4.41. The maximum atomic E-state index is 12.7. The number of alkyl halides is 3. The van der Waals surface area contributed by atoms with Gasteiger partial charge in [-0.05, 0) is 30.5 Å². The summed E-state index contributed by atoms with van der Waals surface area (Å²) in [6, 6.07) is 3.53. The van der Waals surface area contributed by atoms with Gasteiger partial charge in [0.25, 0.3) is 5.91 Å². The van der Waals surface area contributed by atoms with Crippen LogP contribution in [0.5, 0.6) is 0 Å². The van der Waals surface area contributed by atoms with Crippen LogP contribution in [0, 0.1) is 5.92 Å². The van der Waals surface area contributed by atoms with Gasteiger partial charge in [0.05, 0.1) is 18.2 Å². The van der Waals surface area contributed by atoms with Crippen LogP contribution in [0.1, 0.15) is 38.0 Å². The topological polar surface area (TPSA) is 69.6 Å². The average molecular weight is 344 g/mol. The molecule has 1 aliphatic rings. The standard InChI is InChI=1S/C16H19F3N2O3/c1-9(2)15(3)13(23)21(14(24)20-15)8-12(22)10-5-4-6-11(7-10)16(17,18)19/h4-7,9,12,22H,8H2,1-3H3,(H,20,24). The highest BCUT2D eigenvalue weighted by atomic mass is 19.4. The van der Waals surface area contributed by atoms with Gasteiger partial charge in [0.2, 0.25) is 0 Å². The Labute approximate surface area is 137 Å². The van der Waals surface area contributed by atoms with E-state index in [9.17, 15) is 27.9 Å². The molecule has 2 atom stereocenters. The summed E-state index contributed by atoms with van der Waals surface area (Å²) in [5.74, 6) is -0.682. The van der Waals surface area contributed by atoms with Gasteiger partial charge in [0, 0.05) is 0 Å². The first-order valence-electron chi connectivity index (χ1n) is 7.46. The summed E-state index contributed by atoms with van der Waals surface area (Å²) in [5, 5.41) is 12.7. The molecule has 0 radical (unpaired) electrons. The quantitative estimate of drug-likeness (QED) is 0.825. The van der Waals surface area contributed by atoms with Crippen LogP contribution in [0.4, 0.5) is 18.0 Å². The Hall–Kier alpha value is -2.09. The molecule has 1 aromatic rings. The van der Waals surface area contributed by atoms with Crippen LogP contribution in [0.15, 0.2) is 24.3 Å². The first kappa shape index (κ1) is 18.3. The smallest absolute Gasteiger partial charge is 0.387 e. The zero-order valence-electron chi connectivity index (χ0n) is 13.5. The molecule has 2 N–H and O–H groups in total. The van der Waals surface area contributed by atoms with E-state index in [2.05, 4.69) is 5.32 Å². The molecule has 0 aromatic heterocycles. The number of nitrogens with one attached hydrogen (secondary N) is 1. The Morgan fingerprint density at radius 2 is 1.92 bits per heavy atom. The van der Waals surface area contributed by atoms with Crippen LogP contribution in [0.3, 0.4) is 0 Å². The predicted molar refractivity (Wildman–Crippen MR) is 79.9 cm³/mol. The molecule has 1 aliphatic heterocycles. The maximum absolute atomic E-state index is 12.7. The SMILES string of the molecule is CC(C)C1(C)NC(=O)N(CC(O)c2cccc(C(F)(F)F)c2)C1=O. The minimum absolute atomic E-state index is 0.0106. The van der Waals surface area contributed by atoms with Gasteiger partial charge in [-0.1, -0.05) is 26.0 Å². The third kappa shape index (κ3) is 3.24. The van der Waals surface area contributed by atoms with E-state index in [-0.39, 0.29) is 11.5 Å². The lowest BCUT2D eigenvalue weighted by Gasteiger charge is -2.26. The molecule has 24 heavy (non-hydrogen) atoms. The molecule has 1 fully saturated rings. The van der Waals surface area contributed by atoms with E-state index in [4.69, 9.17) is 0 Å². The van der Waals surface area contributed by atoms with E-state index in [0.29, 0.717) is 0 Å². The van der Waals surface area contributed by atoms with Crippen molar-refractivity contribution in [3.8, 4) is 0 Å². The predicted octanol–water partition coefficient (Wildman–Crippen LogP) is 2.71. The van der Waals surface area contributed by atoms with Crippen LogP contribution >= 0.6 is 0 Å². The Bertz CT molecular complexity index is 660. The van der Waals surface area contributed by atoms with Gasteiger partial charge >= 0.3 is 12.2 Å². The molecule has 5 nitrogen and oxygen atoms in total. The molecule has 1 heterocycles. The number of hydrogen-bond donors (Lipinski definition) is 2. The van der Waals surface area contributed by atoms with E-state index >= 15 is 0 Å². The Kier molecular flexibility index (Phi) is 4.63. The summed E-state index contributed by atoms with van der Waals surface area (Å²) < 4.78 is 38.2. The van der Waals surface area contributed by atoms with Crippen molar-refractivity contribution in [3.63, 3.8) is 0 Å². The maximum Gasteiger partial charge on any atom is 0.416 e. The highest BCUT2D eigenvalue weighted by molar-refractivity contribution is 6.07. The van der Waals surface area contributed by atoms with Crippen LogP contribution < -0.4 is 5.32 Å². The lowest BCUT2D eigenvalue weighted by molar-refractivity contribution is -0.138. The van der Waals surface area contributed by atoms with Crippen molar-refractivity contribution in [2.75, 3.05) is 6.54 Å². The second-order valence-electron chi connectivity index (χ2n) is 6.34. The van der Waals surface area contributed by atoms with E-state index < -0.39 is 41.9 Å². The number of nitrogens with zero attached hydrogens (tertiary/aromatic N) is 1. The van der Waals surface area contributed by atoms with Crippen molar-refractivity contribution in [1.29, 1.82) is 0 Å². The lowest BCUT2D eigenvalue weighted by Crippen LogP contribution is -2.48. The Balaban J connectivity index is 2.20. The van der Waals surface area contributed by atoms with Crippen molar-refractivity contribution in [2.24, 2.45) is 5.92 Å². The number of amides is 3. The molecule has 132 valence electrons. The number of rotatable bonds is 4. The largest absolute Gasteiger partial charge is 0.416 e. The molecule has 0 bridgehead atoms. The minimum Gasteiger partial charge on any atom is -0.387 e. The number of carbonyl (C=O) groups excluding carboxylic acids is 2. The summed E-state index contributed by atoms with van der Waals surface area (Å²) in [5.41, 5.74) is -2.00. The average Bonchev–Trinajstić information content (AvgIpc) is 2.71. The second kappa shape index (κ2) is 6.08. The number of aliphatic hydroxyl groups excluding tert-OH is 1. The van der Waals surface area contributed by atoms with E-state index in [0.717, 1.165) is 17.0 Å². The molecule has 0 aliphatic carbocycles. The molecule has 3 amide bonds. The normalized spacial score (nSPS) is 22.9. The fraction of sp³-hybridized carbons (Fsp3) is 0.500. The lowest BCUT2D eigenvalue weighted by atomic mass is 9.88. The third-order valence-electron chi connectivity index (χ3n) is 4.41. The number of aliphatic hydroxyl groups is 1. The molecule has 8 heteroatoms. The first-order chi connectivity index (χ1) is 11.0. The molecule has 2 rings (SSSR count). The number of β-amino-alcohol motifs (C(OH)–C–C–N with tert-alkyl or cyclic N) is 1. The molecule has 0 saturated carbocycles. The van der Waals surface area contributed by atoms with Gasteiger partial charge in [-0.15, -0.1) is 0 Å². The van der Waals surface area contributed by atoms with Gasteiger partial charge in [-0.25, -0.2) is 4.79 Å². The summed E-state index contributed by atoms with van der Waals surface area (Å²) in [6.45, 7) is 4.71. The van der Waals surface area contributed by atoms with Gasteiger partial charge in [-0.3, -0.25) is 9.69 Å². The Morgan fingerprint density at radius 1 is 1.29 bits per heavy atom. The number of benzene rings is 1. The van der Waals surface area contributed by atoms with E-state index in [1.807, 2.05) is 0 Å². The summed E-state index contributed by atoms with van der Waals surface area (Å²) in [6.07, 6.45) is -5.94. The van der Waals surface area contributed by atoms with Crippen molar-refractivity contribution in [2.45, 2.75) is 38.6 Å². The van der Waals surface area contributed by atoms with Crippen LogP contribution in [-0.4, -0.2) is 34.0 Å². The fourth-order valence-corrected chi connectivity index (χ4v) is 2.47. The molecular weight excluding hydrogens is 325 g/mol. The van der Waals surface area contributed by atoms with E-state index in [1.54, 1.807) is 20.8 Å². The summed E-state index contributed by atoms with van der Waals surface area (Å²) in [7, 11) is 0. The number of halogens is 3. The molecular formula is C16H19F3N2O3. The molecule has 0 spiro atoms. The zero-order chi connectivity index (χ0) is 18.3. The number of carbonyl (C=O) groups is 2. The first-order valence-corrected chi connectivity index (χ1v) is 7.46. The van der Waals surface area contributed by atoms with Crippen molar-refractivity contribution >= 4 is 11.9 Å². The second-order valence-corrected chi connectivity index (χ2v) is 6.34. The highest BCUT2D eigenvalue weighted by Gasteiger charge is 2.50. The molecule has 2 unspecified atom stereocenters. The molecule has 1 saturated heterocycles. The van der Waals surface area contributed by atoms with Crippen molar-refractivity contribution in [3.05, 3.63) is 35.4 Å². The van der Waals surface area contributed by atoms with Gasteiger partial charge < -0.3 is 10.4 Å². The number of imide groups is 1. The monoisotopic (exact) mass is 344 g/mol. The van der Waals surface area contributed by atoms with Gasteiger partial charge in [0.1, 0.15) is 5.54 Å². The zero-order valence-corrected chi connectivity index (χ0v) is 13.5. The summed E-state index contributed by atoms with van der Waals surface area (Å²) >= 11 is 0. The number of urea groups is 1.